The maximum atomic E-state index is 6.87. The van der Waals surface area contributed by atoms with E-state index in [4.69, 9.17) is 5.73 Å². The maximum Gasteiger partial charge on any atom is 0.133 e. The zero-order chi connectivity index (χ0) is 31.6. The summed E-state index contributed by atoms with van der Waals surface area (Å²) >= 11 is 0. The molecule has 2 heterocycles. The van der Waals surface area contributed by atoms with Gasteiger partial charge in [-0.1, -0.05) is 115 Å². The van der Waals surface area contributed by atoms with Crippen LogP contribution in [0.25, 0.3) is 54.9 Å². The van der Waals surface area contributed by atoms with E-state index in [1.54, 1.807) is 6.20 Å². The molecule has 8 aromatic rings. The minimum absolute atomic E-state index is 0.549. The number of benzene rings is 6. The molecule has 0 unspecified atom stereocenters. The average molecular weight is 605 g/mol. The van der Waals surface area contributed by atoms with E-state index in [1.165, 1.54) is 43.8 Å². The number of rotatable bonds is 7. The van der Waals surface area contributed by atoms with Gasteiger partial charge in [0, 0.05) is 12.4 Å². The fourth-order valence-corrected chi connectivity index (χ4v) is 6.63. The second-order valence-corrected chi connectivity index (χ2v) is 11.7. The van der Waals surface area contributed by atoms with Crippen molar-refractivity contribution in [2.45, 2.75) is 6.54 Å². The lowest BCUT2D eigenvalue weighted by molar-refractivity contribution is 0.908. The van der Waals surface area contributed by atoms with Crippen molar-refractivity contribution in [3.05, 3.63) is 176 Å². The first-order chi connectivity index (χ1) is 23.2. The predicted molar refractivity (Wildman–Crippen MR) is 196 cm³/mol. The van der Waals surface area contributed by atoms with Gasteiger partial charge in [-0.25, -0.2) is 4.98 Å². The van der Waals surface area contributed by atoms with Crippen molar-refractivity contribution in [3.8, 4) is 33.4 Å². The average Bonchev–Trinajstić information content (AvgIpc) is 3.14. The van der Waals surface area contributed by atoms with E-state index in [-0.39, 0.29) is 0 Å². The predicted octanol–water partition coefficient (Wildman–Crippen LogP) is 10.7. The molecule has 224 valence electrons. The summed E-state index contributed by atoms with van der Waals surface area (Å²) < 4.78 is 0. The van der Waals surface area contributed by atoms with Crippen LogP contribution in [-0.2, 0) is 6.54 Å². The van der Waals surface area contributed by atoms with Gasteiger partial charge in [0.05, 0.1) is 23.6 Å². The standard InChI is InChI=1S/C43H32N4/c44-39-28-33(22-24-40(39)47(41-20-10-12-26-46-41)29-34-17-9-11-25-45-34)32-21-23-37-38(27-32)43(31-15-5-2-6-16-31)36-19-8-7-18-35(36)42(37)30-13-3-1-4-14-30/h1-28H,29,44H2. The molecule has 0 aliphatic heterocycles. The number of nitrogen functional groups attached to an aromatic ring is 1. The Morgan fingerprint density at radius 3 is 1.62 bits per heavy atom. The minimum Gasteiger partial charge on any atom is -0.397 e. The molecule has 4 nitrogen and oxygen atoms in total. The van der Waals surface area contributed by atoms with Crippen molar-refractivity contribution in [2.24, 2.45) is 0 Å². The fourth-order valence-electron chi connectivity index (χ4n) is 6.63. The first-order valence-electron chi connectivity index (χ1n) is 15.8. The molecule has 0 radical (unpaired) electrons. The van der Waals surface area contributed by atoms with Gasteiger partial charge in [-0.05, 0) is 97.4 Å². The van der Waals surface area contributed by atoms with Crippen LogP contribution in [0.2, 0.25) is 0 Å². The molecule has 4 heteroatoms. The van der Waals surface area contributed by atoms with E-state index in [0.29, 0.717) is 12.2 Å². The number of pyridine rings is 2. The zero-order valence-electron chi connectivity index (χ0n) is 25.8. The molecule has 2 N–H and O–H groups in total. The van der Waals surface area contributed by atoms with E-state index in [0.717, 1.165) is 28.3 Å². The lowest BCUT2D eigenvalue weighted by Gasteiger charge is -2.25. The molecule has 0 atom stereocenters. The van der Waals surface area contributed by atoms with Crippen LogP contribution in [0.5, 0.6) is 0 Å². The second-order valence-electron chi connectivity index (χ2n) is 11.7. The van der Waals surface area contributed by atoms with Crippen LogP contribution in [0.1, 0.15) is 5.69 Å². The maximum absolute atomic E-state index is 6.87. The summed E-state index contributed by atoms with van der Waals surface area (Å²) in [4.78, 5) is 11.3. The highest BCUT2D eigenvalue weighted by atomic mass is 15.2. The summed E-state index contributed by atoms with van der Waals surface area (Å²) in [5.41, 5.74) is 16.4. The summed E-state index contributed by atoms with van der Waals surface area (Å²) in [6, 6.07) is 55.2. The van der Waals surface area contributed by atoms with E-state index in [9.17, 15) is 0 Å². The van der Waals surface area contributed by atoms with Crippen molar-refractivity contribution in [2.75, 3.05) is 10.6 Å². The van der Waals surface area contributed by atoms with Crippen molar-refractivity contribution in [1.82, 2.24) is 9.97 Å². The zero-order valence-corrected chi connectivity index (χ0v) is 25.8. The molecule has 8 rings (SSSR count). The molecule has 0 aliphatic carbocycles. The van der Waals surface area contributed by atoms with Crippen molar-refractivity contribution in [3.63, 3.8) is 0 Å². The Morgan fingerprint density at radius 1 is 0.447 bits per heavy atom. The SMILES string of the molecule is Nc1cc(-c2ccc3c(-c4ccccc4)c4ccccc4c(-c4ccccc4)c3c2)ccc1N(Cc1ccccn1)c1ccccn1. The normalized spacial score (nSPS) is 11.1. The number of anilines is 3. The Morgan fingerprint density at radius 2 is 1.00 bits per heavy atom. The molecule has 0 amide bonds. The van der Waals surface area contributed by atoms with Crippen LogP contribution in [0, 0.1) is 0 Å². The summed E-state index contributed by atoms with van der Waals surface area (Å²) in [5.74, 6) is 0.816. The fraction of sp³-hybridized carbons (Fsp3) is 0.0233. The summed E-state index contributed by atoms with van der Waals surface area (Å²) in [7, 11) is 0. The monoisotopic (exact) mass is 604 g/mol. The molecule has 6 aromatic carbocycles. The van der Waals surface area contributed by atoms with Crippen LogP contribution in [-0.4, -0.2) is 9.97 Å². The molecule has 2 aromatic heterocycles. The smallest absolute Gasteiger partial charge is 0.133 e. The molecule has 0 saturated heterocycles. The van der Waals surface area contributed by atoms with Crippen molar-refractivity contribution in [1.29, 1.82) is 0 Å². The molecule has 47 heavy (non-hydrogen) atoms. The highest BCUT2D eigenvalue weighted by Gasteiger charge is 2.19. The molecule has 0 fully saturated rings. The molecular formula is C43H32N4. The van der Waals surface area contributed by atoms with Crippen LogP contribution < -0.4 is 10.6 Å². The lowest BCUT2D eigenvalue weighted by atomic mass is 9.85. The van der Waals surface area contributed by atoms with E-state index in [2.05, 4.69) is 136 Å². The van der Waals surface area contributed by atoms with Crippen LogP contribution in [0.4, 0.5) is 17.2 Å². The van der Waals surface area contributed by atoms with Gasteiger partial charge in [0.25, 0.3) is 0 Å². The van der Waals surface area contributed by atoms with Gasteiger partial charge in [0.2, 0.25) is 0 Å². The van der Waals surface area contributed by atoms with Crippen molar-refractivity contribution >= 4 is 38.7 Å². The number of nitrogens with two attached hydrogens (primary N) is 1. The largest absolute Gasteiger partial charge is 0.397 e. The number of hydrogen-bond acceptors (Lipinski definition) is 4. The third-order valence-corrected chi connectivity index (χ3v) is 8.77. The Labute approximate surface area is 274 Å². The molecule has 0 aliphatic rings. The Kier molecular flexibility index (Phi) is 7.37. The van der Waals surface area contributed by atoms with Gasteiger partial charge in [-0.15, -0.1) is 0 Å². The van der Waals surface area contributed by atoms with Gasteiger partial charge in [-0.3, -0.25) is 4.98 Å². The Bertz CT molecular complexity index is 2320. The number of nitrogens with zero attached hydrogens (tertiary/aromatic N) is 3. The van der Waals surface area contributed by atoms with Gasteiger partial charge in [-0.2, -0.15) is 0 Å². The van der Waals surface area contributed by atoms with E-state index < -0.39 is 0 Å². The van der Waals surface area contributed by atoms with Gasteiger partial charge in [0.1, 0.15) is 5.82 Å². The molecule has 0 spiro atoms. The minimum atomic E-state index is 0.549. The van der Waals surface area contributed by atoms with Crippen LogP contribution >= 0.6 is 0 Å². The van der Waals surface area contributed by atoms with E-state index >= 15 is 0 Å². The van der Waals surface area contributed by atoms with Crippen LogP contribution in [0.3, 0.4) is 0 Å². The molecular weight excluding hydrogens is 573 g/mol. The summed E-state index contributed by atoms with van der Waals surface area (Å²) in [5, 5.41) is 4.91. The number of aromatic nitrogens is 2. The summed E-state index contributed by atoms with van der Waals surface area (Å²) in [6.07, 6.45) is 3.62. The summed E-state index contributed by atoms with van der Waals surface area (Å²) in [6.45, 7) is 0.549. The third kappa shape index (κ3) is 5.36. The quantitative estimate of drug-likeness (QED) is 0.145. The Balaban J connectivity index is 1.31. The first-order valence-corrected chi connectivity index (χ1v) is 15.8. The number of hydrogen-bond donors (Lipinski definition) is 1. The third-order valence-electron chi connectivity index (χ3n) is 8.77. The lowest BCUT2D eigenvalue weighted by Crippen LogP contribution is -2.19. The van der Waals surface area contributed by atoms with Crippen LogP contribution in [0.15, 0.2) is 170 Å². The molecule has 0 saturated carbocycles. The second kappa shape index (κ2) is 12.3. The van der Waals surface area contributed by atoms with Gasteiger partial charge < -0.3 is 10.6 Å². The van der Waals surface area contributed by atoms with Crippen molar-refractivity contribution < 1.29 is 0 Å². The topological polar surface area (TPSA) is 55.0 Å². The highest BCUT2D eigenvalue weighted by molar-refractivity contribution is 6.22. The van der Waals surface area contributed by atoms with E-state index in [1.807, 2.05) is 42.6 Å². The Hall–Kier alpha value is -6.26. The van der Waals surface area contributed by atoms with Gasteiger partial charge in [0.15, 0.2) is 0 Å². The first kappa shape index (κ1) is 28.2. The number of fused-ring (bicyclic) bond motifs is 2. The highest BCUT2D eigenvalue weighted by Crippen LogP contribution is 2.45. The molecule has 0 bridgehead atoms. The van der Waals surface area contributed by atoms with Gasteiger partial charge >= 0.3 is 0 Å².